The van der Waals surface area contributed by atoms with Crippen LogP contribution in [0, 0.1) is 5.82 Å². The highest BCUT2D eigenvalue weighted by molar-refractivity contribution is 5.90. The Morgan fingerprint density at radius 3 is 2.54 bits per heavy atom. The fraction of sp³-hybridized carbons (Fsp3) is 0.381. The first kappa shape index (κ1) is 18.5. The fourth-order valence-electron chi connectivity index (χ4n) is 3.30. The van der Waals surface area contributed by atoms with Crippen LogP contribution in [0.25, 0.3) is 11.1 Å². The average Bonchev–Trinajstić information content (AvgIpc) is 2.86. The summed E-state index contributed by atoms with van der Waals surface area (Å²) in [5.74, 6) is -0.954. The quantitative estimate of drug-likeness (QED) is 0.786. The Bertz CT molecular complexity index is 761. The number of benzene rings is 2. The zero-order valence-corrected chi connectivity index (χ0v) is 15.4. The highest BCUT2D eigenvalue weighted by Gasteiger charge is 2.13. The van der Waals surface area contributed by atoms with Crippen molar-refractivity contribution >= 4 is 5.97 Å². The smallest absolute Gasteiger partial charge is 0.337 e. The molecule has 0 saturated carbocycles. The van der Waals surface area contributed by atoms with Crippen LogP contribution in [0.15, 0.2) is 42.5 Å². The van der Waals surface area contributed by atoms with Gasteiger partial charge >= 0.3 is 5.97 Å². The van der Waals surface area contributed by atoms with Crippen LogP contribution in [-0.2, 0) is 11.3 Å². The predicted octanol–water partition coefficient (Wildman–Crippen LogP) is 3.42. The molecule has 0 atom stereocenters. The molecule has 0 bridgehead atoms. The van der Waals surface area contributed by atoms with E-state index in [1.807, 2.05) is 12.1 Å². The van der Waals surface area contributed by atoms with Gasteiger partial charge in [-0.2, -0.15) is 0 Å². The summed E-state index contributed by atoms with van der Waals surface area (Å²) in [4.78, 5) is 16.3. The van der Waals surface area contributed by atoms with Crippen molar-refractivity contribution in [2.75, 3.05) is 40.3 Å². The van der Waals surface area contributed by atoms with Crippen LogP contribution in [0.2, 0.25) is 0 Å². The lowest BCUT2D eigenvalue weighted by Crippen LogP contribution is -2.28. The molecule has 4 nitrogen and oxygen atoms in total. The maximum atomic E-state index is 14.4. The molecule has 5 heteroatoms. The van der Waals surface area contributed by atoms with Gasteiger partial charge in [-0.15, -0.1) is 0 Å². The second kappa shape index (κ2) is 8.43. The van der Waals surface area contributed by atoms with Gasteiger partial charge in [0, 0.05) is 25.2 Å². The number of esters is 1. The molecule has 26 heavy (non-hydrogen) atoms. The summed E-state index contributed by atoms with van der Waals surface area (Å²) in [6.45, 7) is 5.33. The van der Waals surface area contributed by atoms with E-state index < -0.39 is 11.8 Å². The van der Waals surface area contributed by atoms with Crippen molar-refractivity contribution < 1.29 is 13.9 Å². The van der Waals surface area contributed by atoms with Gasteiger partial charge in [-0.1, -0.05) is 30.3 Å². The van der Waals surface area contributed by atoms with E-state index in [0.717, 1.165) is 38.3 Å². The van der Waals surface area contributed by atoms with Gasteiger partial charge in [0.05, 0.1) is 12.7 Å². The number of carbonyl (C=O) groups is 1. The van der Waals surface area contributed by atoms with Crippen molar-refractivity contribution in [3.05, 3.63) is 59.4 Å². The number of carbonyl (C=O) groups excluding carboxylic acids is 1. The van der Waals surface area contributed by atoms with E-state index >= 15 is 0 Å². The van der Waals surface area contributed by atoms with Crippen molar-refractivity contribution in [2.45, 2.75) is 13.0 Å². The zero-order valence-electron chi connectivity index (χ0n) is 15.4. The highest BCUT2D eigenvalue weighted by atomic mass is 19.1. The molecule has 0 aliphatic carbocycles. The predicted molar refractivity (Wildman–Crippen MR) is 101 cm³/mol. The number of ether oxygens (including phenoxy) is 1. The molecule has 0 aromatic heterocycles. The molecule has 3 rings (SSSR count). The van der Waals surface area contributed by atoms with Crippen LogP contribution in [0.5, 0.6) is 0 Å². The molecule has 0 unspecified atom stereocenters. The number of methoxy groups -OCH3 is 1. The summed E-state index contributed by atoms with van der Waals surface area (Å²) >= 11 is 0. The van der Waals surface area contributed by atoms with Crippen LogP contribution < -0.4 is 0 Å². The topological polar surface area (TPSA) is 32.8 Å². The molecule has 2 aromatic carbocycles. The molecule has 1 heterocycles. The lowest BCUT2D eigenvalue weighted by Gasteiger charge is -2.20. The van der Waals surface area contributed by atoms with E-state index in [-0.39, 0.29) is 5.56 Å². The maximum absolute atomic E-state index is 14.4. The van der Waals surface area contributed by atoms with Crippen LogP contribution in [0.1, 0.15) is 22.3 Å². The highest BCUT2D eigenvalue weighted by Crippen LogP contribution is 2.25. The van der Waals surface area contributed by atoms with E-state index in [0.29, 0.717) is 5.56 Å². The standard InChI is InChI=1S/C21H25FN2O2/c1-23-10-3-11-24(13-12-23)15-16-4-6-17(7-5-16)19-9-8-18(14-20(19)22)21(25)26-2/h4-9,14H,3,10-13,15H2,1-2H3. The van der Waals surface area contributed by atoms with Crippen LogP contribution in [0.4, 0.5) is 4.39 Å². The summed E-state index contributed by atoms with van der Waals surface area (Å²) in [6, 6.07) is 12.4. The normalized spacial score (nSPS) is 16.3. The third-order valence-electron chi connectivity index (χ3n) is 4.87. The van der Waals surface area contributed by atoms with E-state index in [9.17, 15) is 9.18 Å². The van der Waals surface area contributed by atoms with E-state index in [4.69, 9.17) is 0 Å². The van der Waals surface area contributed by atoms with Gasteiger partial charge < -0.3 is 9.64 Å². The first-order valence-corrected chi connectivity index (χ1v) is 8.95. The SMILES string of the molecule is COC(=O)c1ccc(-c2ccc(CN3CCCN(C)CC3)cc2)c(F)c1. The van der Waals surface area contributed by atoms with E-state index in [2.05, 4.69) is 33.7 Å². The molecule has 1 aliphatic rings. The first-order chi connectivity index (χ1) is 12.6. The molecule has 0 radical (unpaired) electrons. The Morgan fingerprint density at radius 2 is 1.85 bits per heavy atom. The first-order valence-electron chi connectivity index (χ1n) is 8.95. The molecule has 2 aromatic rings. The molecule has 0 N–H and O–H groups in total. The Hall–Kier alpha value is -2.24. The Morgan fingerprint density at radius 1 is 1.08 bits per heavy atom. The van der Waals surface area contributed by atoms with Crippen molar-refractivity contribution in [3.8, 4) is 11.1 Å². The zero-order chi connectivity index (χ0) is 18.5. The Balaban J connectivity index is 1.70. The van der Waals surface area contributed by atoms with Gasteiger partial charge in [-0.3, -0.25) is 4.90 Å². The third-order valence-corrected chi connectivity index (χ3v) is 4.87. The molecule has 1 aliphatic heterocycles. The van der Waals surface area contributed by atoms with Gasteiger partial charge in [0.25, 0.3) is 0 Å². The van der Waals surface area contributed by atoms with Crippen molar-refractivity contribution in [1.82, 2.24) is 9.80 Å². The Labute approximate surface area is 154 Å². The van der Waals surface area contributed by atoms with Gasteiger partial charge in [-0.05, 0) is 49.8 Å². The number of rotatable bonds is 4. The third kappa shape index (κ3) is 4.48. The van der Waals surface area contributed by atoms with Crippen molar-refractivity contribution in [2.24, 2.45) is 0 Å². The van der Waals surface area contributed by atoms with Crippen molar-refractivity contribution in [3.63, 3.8) is 0 Å². The maximum Gasteiger partial charge on any atom is 0.337 e. The summed E-state index contributed by atoms with van der Waals surface area (Å²) in [7, 11) is 3.45. The summed E-state index contributed by atoms with van der Waals surface area (Å²) < 4.78 is 19.0. The van der Waals surface area contributed by atoms with E-state index in [1.165, 1.54) is 25.2 Å². The van der Waals surface area contributed by atoms with Gasteiger partial charge in [-0.25, -0.2) is 9.18 Å². The van der Waals surface area contributed by atoms with Gasteiger partial charge in [0.2, 0.25) is 0 Å². The fourth-order valence-corrected chi connectivity index (χ4v) is 3.30. The number of nitrogens with zero attached hydrogens (tertiary/aromatic N) is 2. The van der Waals surface area contributed by atoms with Gasteiger partial charge in [0.15, 0.2) is 0 Å². The lowest BCUT2D eigenvalue weighted by atomic mass is 10.0. The molecular formula is C21H25FN2O2. The average molecular weight is 356 g/mol. The minimum atomic E-state index is -0.533. The second-order valence-corrected chi connectivity index (χ2v) is 6.82. The molecule has 1 fully saturated rings. The number of hydrogen-bond donors (Lipinski definition) is 0. The number of halogens is 1. The minimum Gasteiger partial charge on any atom is -0.465 e. The lowest BCUT2D eigenvalue weighted by molar-refractivity contribution is 0.0600. The minimum absolute atomic E-state index is 0.219. The van der Waals surface area contributed by atoms with E-state index in [1.54, 1.807) is 12.1 Å². The summed E-state index contributed by atoms with van der Waals surface area (Å²) in [6.07, 6.45) is 1.19. The molecule has 138 valence electrons. The molecule has 0 spiro atoms. The largest absolute Gasteiger partial charge is 0.465 e. The van der Waals surface area contributed by atoms with Crippen LogP contribution >= 0.6 is 0 Å². The van der Waals surface area contributed by atoms with Gasteiger partial charge in [0.1, 0.15) is 5.82 Å². The summed E-state index contributed by atoms with van der Waals surface area (Å²) in [5, 5.41) is 0. The summed E-state index contributed by atoms with van der Waals surface area (Å²) in [5.41, 5.74) is 2.74. The Kier molecular flexibility index (Phi) is 6.01. The monoisotopic (exact) mass is 356 g/mol. The van der Waals surface area contributed by atoms with Crippen molar-refractivity contribution in [1.29, 1.82) is 0 Å². The molecule has 1 saturated heterocycles. The molecule has 0 amide bonds. The molecular weight excluding hydrogens is 331 g/mol. The second-order valence-electron chi connectivity index (χ2n) is 6.82. The number of hydrogen-bond acceptors (Lipinski definition) is 4. The van der Waals surface area contributed by atoms with Crippen LogP contribution in [0.3, 0.4) is 0 Å². The number of likely N-dealkylation sites (N-methyl/N-ethyl adjacent to an activating group) is 1. The van der Waals surface area contributed by atoms with Crippen LogP contribution in [-0.4, -0.2) is 56.1 Å².